The van der Waals surface area contributed by atoms with Gasteiger partial charge in [-0.15, -0.1) is 0 Å². The van der Waals surface area contributed by atoms with Gasteiger partial charge in [-0.1, -0.05) is 0 Å². The summed E-state index contributed by atoms with van der Waals surface area (Å²) >= 11 is 0. The van der Waals surface area contributed by atoms with Gasteiger partial charge in [0.05, 0.1) is 0 Å². The number of ether oxygens (including phenoxy) is 2. The highest BCUT2D eigenvalue weighted by Crippen LogP contribution is 2.36. The van der Waals surface area contributed by atoms with Crippen molar-refractivity contribution in [1.29, 1.82) is 0 Å². The van der Waals surface area contributed by atoms with Crippen molar-refractivity contribution >= 4 is 6.29 Å². The van der Waals surface area contributed by atoms with E-state index in [0.717, 1.165) is 6.07 Å². The third kappa shape index (κ3) is 1.77. The van der Waals surface area contributed by atoms with Crippen LogP contribution < -0.4 is 9.47 Å². The normalized spacial score (nSPS) is 14.1. The lowest BCUT2D eigenvalue weighted by Crippen LogP contribution is -2.16. The van der Waals surface area contributed by atoms with Crippen molar-refractivity contribution in [2.24, 2.45) is 0 Å². The van der Waals surface area contributed by atoms with Gasteiger partial charge >= 0.3 is 0 Å². The van der Waals surface area contributed by atoms with E-state index in [4.69, 9.17) is 9.47 Å². The average molecular weight is 214 g/mol. The smallest absolute Gasteiger partial charge is 0.264 e. The summed E-state index contributed by atoms with van der Waals surface area (Å²) in [5.41, 5.74) is -0.386. The number of hydrogen-bond acceptors (Lipinski definition) is 3. The molecule has 0 saturated carbocycles. The number of carbonyl (C=O) groups is 1. The summed E-state index contributed by atoms with van der Waals surface area (Å²) in [6.45, 7) is 0.690. The van der Waals surface area contributed by atoms with Gasteiger partial charge < -0.3 is 9.47 Å². The number of hydrogen-bond donors (Lipinski definition) is 0. The predicted octanol–water partition coefficient (Wildman–Crippen LogP) is 2.21. The molecule has 1 aliphatic heterocycles. The van der Waals surface area contributed by atoms with E-state index in [2.05, 4.69) is 0 Å². The summed E-state index contributed by atoms with van der Waals surface area (Å²) in [5.74, 6) is 0.606. The number of aldehydes is 1. The van der Waals surface area contributed by atoms with Gasteiger partial charge in [0.15, 0.2) is 17.8 Å². The Labute approximate surface area is 84.6 Å². The first kappa shape index (κ1) is 9.89. The number of rotatable bonds is 2. The van der Waals surface area contributed by atoms with Gasteiger partial charge in [-0.3, -0.25) is 4.79 Å². The molecule has 5 heteroatoms. The molecule has 0 saturated heterocycles. The number of benzene rings is 1. The largest absolute Gasteiger partial charge is 0.486 e. The van der Waals surface area contributed by atoms with E-state index >= 15 is 0 Å². The van der Waals surface area contributed by atoms with E-state index in [1.165, 1.54) is 6.07 Å². The first-order valence-electron chi connectivity index (χ1n) is 4.39. The molecule has 1 heterocycles. The third-order valence-electron chi connectivity index (χ3n) is 2.11. The maximum Gasteiger partial charge on any atom is 0.264 e. The van der Waals surface area contributed by atoms with E-state index < -0.39 is 6.43 Å². The number of carbonyl (C=O) groups excluding carboxylic acids is 1. The second kappa shape index (κ2) is 3.84. The molecule has 0 radical (unpaired) electrons. The second-order valence-corrected chi connectivity index (χ2v) is 3.04. The molecule has 0 spiro atoms. The number of halogens is 2. The fourth-order valence-electron chi connectivity index (χ4n) is 1.41. The molecule has 0 amide bonds. The molecule has 0 aliphatic carbocycles. The minimum absolute atomic E-state index is 0.0609. The topological polar surface area (TPSA) is 35.5 Å². The third-order valence-corrected chi connectivity index (χ3v) is 2.11. The van der Waals surface area contributed by atoms with Crippen LogP contribution in [0, 0.1) is 0 Å². The molecule has 0 aromatic heterocycles. The summed E-state index contributed by atoms with van der Waals surface area (Å²) in [7, 11) is 0. The Morgan fingerprint density at radius 1 is 1.20 bits per heavy atom. The summed E-state index contributed by atoms with van der Waals surface area (Å²) in [5, 5.41) is 0. The molecule has 1 aromatic rings. The molecule has 3 nitrogen and oxygen atoms in total. The average Bonchev–Trinajstić information content (AvgIpc) is 2.27. The van der Waals surface area contributed by atoms with Crippen molar-refractivity contribution in [2.45, 2.75) is 6.43 Å². The van der Waals surface area contributed by atoms with Crippen LogP contribution in [0.1, 0.15) is 22.3 Å². The lowest BCUT2D eigenvalue weighted by atomic mass is 10.1. The summed E-state index contributed by atoms with van der Waals surface area (Å²) in [6.07, 6.45) is -2.30. The van der Waals surface area contributed by atoms with Gasteiger partial charge in [0.1, 0.15) is 13.2 Å². The summed E-state index contributed by atoms with van der Waals surface area (Å²) in [4.78, 5) is 10.6. The molecule has 80 valence electrons. The Balaban J connectivity index is 2.51. The van der Waals surface area contributed by atoms with E-state index in [1.807, 2.05) is 0 Å². The molecule has 0 atom stereocenters. The maximum atomic E-state index is 12.5. The van der Waals surface area contributed by atoms with Crippen molar-refractivity contribution in [3.05, 3.63) is 23.3 Å². The molecule has 0 fully saturated rings. The van der Waals surface area contributed by atoms with Gasteiger partial charge in [-0.2, -0.15) is 0 Å². The maximum absolute atomic E-state index is 12.5. The molecule has 15 heavy (non-hydrogen) atoms. The van der Waals surface area contributed by atoms with E-state index in [1.54, 1.807) is 0 Å². The standard InChI is InChI=1S/C10H8F2O3/c11-10(12)7-4-9-8(3-6(7)5-13)14-1-2-15-9/h3-5,10H,1-2H2. The van der Waals surface area contributed by atoms with Crippen LogP contribution in [-0.2, 0) is 0 Å². The van der Waals surface area contributed by atoms with Crippen LogP contribution in [0.25, 0.3) is 0 Å². The Bertz CT molecular complexity index is 390. The van der Waals surface area contributed by atoms with Crippen molar-refractivity contribution in [1.82, 2.24) is 0 Å². The Morgan fingerprint density at radius 3 is 2.33 bits per heavy atom. The molecular formula is C10H8F2O3. The molecule has 0 N–H and O–H groups in total. The van der Waals surface area contributed by atoms with Gasteiger partial charge in [-0.05, 0) is 12.1 Å². The van der Waals surface area contributed by atoms with Gasteiger partial charge in [0.2, 0.25) is 0 Å². The van der Waals surface area contributed by atoms with Gasteiger partial charge in [-0.25, -0.2) is 8.78 Å². The number of alkyl halides is 2. The highest BCUT2D eigenvalue weighted by Gasteiger charge is 2.20. The SMILES string of the molecule is O=Cc1cc2c(cc1C(F)F)OCCO2. The summed E-state index contributed by atoms with van der Waals surface area (Å²) in [6, 6.07) is 2.44. The monoisotopic (exact) mass is 214 g/mol. The van der Waals surface area contributed by atoms with Crippen LogP contribution in [0.5, 0.6) is 11.5 Å². The quantitative estimate of drug-likeness (QED) is 0.708. The van der Waals surface area contributed by atoms with Crippen molar-refractivity contribution in [3.8, 4) is 11.5 Å². The van der Waals surface area contributed by atoms with E-state index in [0.29, 0.717) is 25.2 Å². The minimum Gasteiger partial charge on any atom is -0.486 e. The zero-order valence-electron chi connectivity index (χ0n) is 7.70. The van der Waals surface area contributed by atoms with E-state index in [-0.39, 0.29) is 16.9 Å². The van der Waals surface area contributed by atoms with E-state index in [9.17, 15) is 13.6 Å². The molecule has 1 aliphatic rings. The highest BCUT2D eigenvalue weighted by molar-refractivity contribution is 5.79. The van der Waals surface area contributed by atoms with Gasteiger partial charge in [0.25, 0.3) is 6.43 Å². The van der Waals surface area contributed by atoms with Crippen LogP contribution in [0.3, 0.4) is 0 Å². The Morgan fingerprint density at radius 2 is 1.80 bits per heavy atom. The Hall–Kier alpha value is -1.65. The van der Waals surface area contributed by atoms with Crippen LogP contribution >= 0.6 is 0 Å². The lowest BCUT2D eigenvalue weighted by molar-refractivity contribution is 0.110. The lowest BCUT2D eigenvalue weighted by Gasteiger charge is -2.19. The molecule has 2 rings (SSSR count). The molecule has 1 aromatic carbocycles. The van der Waals surface area contributed by atoms with Crippen LogP contribution in [0.2, 0.25) is 0 Å². The zero-order valence-corrected chi connectivity index (χ0v) is 7.70. The Kier molecular flexibility index (Phi) is 2.53. The fraction of sp³-hybridized carbons (Fsp3) is 0.300. The second-order valence-electron chi connectivity index (χ2n) is 3.04. The zero-order chi connectivity index (χ0) is 10.8. The first-order valence-corrected chi connectivity index (χ1v) is 4.39. The molecule has 0 unspecified atom stereocenters. The van der Waals surface area contributed by atoms with Crippen molar-refractivity contribution < 1.29 is 23.0 Å². The summed E-state index contributed by atoms with van der Waals surface area (Å²) < 4.78 is 35.4. The highest BCUT2D eigenvalue weighted by atomic mass is 19.3. The van der Waals surface area contributed by atoms with Crippen LogP contribution in [0.4, 0.5) is 8.78 Å². The first-order chi connectivity index (χ1) is 7.22. The molecule has 0 bridgehead atoms. The van der Waals surface area contributed by atoms with Crippen LogP contribution in [-0.4, -0.2) is 19.5 Å². The fourth-order valence-corrected chi connectivity index (χ4v) is 1.41. The van der Waals surface area contributed by atoms with Crippen molar-refractivity contribution in [3.63, 3.8) is 0 Å². The molecular weight excluding hydrogens is 206 g/mol. The van der Waals surface area contributed by atoms with Crippen molar-refractivity contribution in [2.75, 3.05) is 13.2 Å². The predicted molar refractivity (Wildman–Crippen MR) is 47.8 cm³/mol. The van der Waals surface area contributed by atoms with Gasteiger partial charge in [0, 0.05) is 11.1 Å². The number of fused-ring (bicyclic) bond motifs is 1. The minimum atomic E-state index is -2.69. The van der Waals surface area contributed by atoms with Crippen LogP contribution in [0.15, 0.2) is 12.1 Å².